The maximum atomic E-state index is 11.6. The van der Waals surface area contributed by atoms with Gasteiger partial charge in [-0.1, -0.05) is 0 Å². The summed E-state index contributed by atoms with van der Waals surface area (Å²) < 4.78 is 30.2. The number of rotatable bonds is 7. The molecule has 0 fully saturated rings. The zero-order valence-corrected chi connectivity index (χ0v) is 10.2. The Hall–Kier alpha value is -1.85. The third-order valence-corrected chi connectivity index (χ3v) is 3.40. The molecule has 0 aliphatic carbocycles. The lowest BCUT2D eigenvalue weighted by Crippen LogP contribution is -2.24. The van der Waals surface area contributed by atoms with Gasteiger partial charge in [0.1, 0.15) is 0 Å². The summed E-state index contributed by atoms with van der Waals surface area (Å²) in [6, 6.07) is 4.11. The molecule has 1 rings (SSSR count). The number of sulfonamides is 1. The van der Waals surface area contributed by atoms with Crippen LogP contribution in [-0.2, 0) is 10.0 Å². The van der Waals surface area contributed by atoms with E-state index in [1.54, 1.807) is 0 Å². The fraction of sp³-hybridized carbons (Fsp3) is 0.400. The predicted molar refractivity (Wildman–Crippen MR) is 60.3 cm³/mol. The molecule has 0 saturated carbocycles. The Balaban J connectivity index is 2.58. The second-order valence-corrected chi connectivity index (χ2v) is 5.13. The maximum absolute atomic E-state index is 11.6. The van der Waals surface area contributed by atoms with Crippen LogP contribution in [0.2, 0.25) is 0 Å². The number of carboxylic acid groups (broad SMARTS) is 1. The first-order valence-electron chi connectivity index (χ1n) is 5.17. The summed E-state index contributed by atoms with van der Waals surface area (Å²) in [6.07, 6.45) is 1.49. The lowest BCUT2D eigenvalue weighted by atomic mass is 10.2. The third-order valence-electron chi connectivity index (χ3n) is 2.06. The molecule has 1 aromatic rings. The second-order valence-electron chi connectivity index (χ2n) is 3.44. The molecule has 0 aliphatic heterocycles. The van der Waals surface area contributed by atoms with Crippen molar-refractivity contribution in [1.82, 2.24) is 4.72 Å². The number of aromatic carboxylic acids is 1. The molecule has 8 heteroatoms. The van der Waals surface area contributed by atoms with Crippen molar-refractivity contribution in [1.29, 1.82) is 5.26 Å². The van der Waals surface area contributed by atoms with Crippen LogP contribution in [0.15, 0.2) is 21.6 Å². The first-order valence-corrected chi connectivity index (χ1v) is 6.65. The number of carboxylic acids is 1. The number of nitrogens with one attached hydrogen (secondary N) is 1. The van der Waals surface area contributed by atoms with Crippen molar-refractivity contribution in [3.8, 4) is 6.07 Å². The van der Waals surface area contributed by atoms with Crippen LogP contribution in [0.5, 0.6) is 0 Å². The van der Waals surface area contributed by atoms with E-state index in [0.717, 1.165) is 12.1 Å². The topological polar surface area (TPSA) is 120 Å². The molecule has 0 spiro atoms. The van der Waals surface area contributed by atoms with Crippen LogP contribution in [0.3, 0.4) is 0 Å². The molecule has 0 bridgehead atoms. The summed E-state index contributed by atoms with van der Waals surface area (Å²) in [5, 5.41) is 16.5. The van der Waals surface area contributed by atoms with Gasteiger partial charge in [0.15, 0.2) is 0 Å². The SMILES string of the molecule is N#CCCCCNS(=O)(=O)c1ccc(C(=O)O)o1. The number of unbranched alkanes of at least 4 members (excludes halogenated alkanes) is 2. The Kier molecular flexibility index (Phi) is 4.88. The number of furan rings is 1. The lowest BCUT2D eigenvalue weighted by molar-refractivity contribution is 0.0656. The van der Waals surface area contributed by atoms with Crippen LogP contribution in [0, 0.1) is 11.3 Å². The van der Waals surface area contributed by atoms with Crippen molar-refractivity contribution < 1.29 is 22.7 Å². The van der Waals surface area contributed by atoms with Crippen LogP contribution < -0.4 is 4.72 Å². The van der Waals surface area contributed by atoms with Crippen molar-refractivity contribution in [3.63, 3.8) is 0 Å². The molecule has 1 heterocycles. The minimum Gasteiger partial charge on any atom is -0.475 e. The Morgan fingerprint density at radius 3 is 2.72 bits per heavy atom. The van der Waals surface area contributed by atoms with Crippen molar-refractivity contribution in [2.45, 2.75) is 24.4 Å². The first kappa shape index (κ1) is 14.2. The molecule has 98 valence electrons. The monoisotopic (exact) mass is 272 g/mol. The molecule has 0 amide bonds. The fourth-order valence-electron chi connectivity index (χ4n) is 1.19. The molecular formula is C10H12N2O5S. The average Bonchev–Trinajstić information content (AvgIpc) is 2.78. The highest BCUT2D eigenvalue weighted by Crippen LogP contribution is 2.13. The van der Waals surface area contributed by atoms with Gasteiger partial charge in [-0.25, -0.2) is 17.9 Å². The number of nitriles is 1. The highest BCUT2D eigenvalue weighted by molar-refractivity contribution is 7.89. The van der Waals surface area contributed by atoms with Gasteiger partial charge < -0.3 is 9.52 Å². The molecule has 0 saturated heterocycles. The maximum Gasteiger partial charge on any atom is 0.371 e. The normalized spacial score (nSPS) is 11.1. The van der Waals surface area contributed by atoms with E-state index < -0.39 is 26.8 Å². The van der Waals surface area contributed by atoms with E-state index >= 15 is 0 Å². The quantitative estimate of drug-likeness (QED) is 0.713. The Morgan fingerprint density at radius 2 is 2.17 bits per heavy atom. The van der Waals surface area contributed by atoms with Gasteiger partial charge in [-0.15, -0.1) is 0 Å². The van der Waals surface area contributed by atoms with Gasteiger partial charge in [0, 0.05) is 13.0 Å². The molecule has 0 aliphatic rings. The van der Waals surface area contributed by atoms with E-state index in [2.05, 4.69) is 9.14 Å². The summed E-state index contributed by atoms with van der Waals surface area (Å²) in [7, 11) is -3.82. The molecule has 0 unspecified atom stereocenters. The Morgan fingerprint density at radius 1 is 1.44 bits per heavy atom. The zero-order chi connectivity index (χ0) is 13.6. The Bertz CT molecular complexity index is 555. The number of hydrogen-bond donors (Lipinski definition) is 2. The minimum absolute atomic E-state index is 0.174. The molecule has 0 aromatic carbocycles. The van der Waals surface area contributed by atoms with Crippen molar-refractivity contribution in [2.75, 3.05) is 6.54 Å². The van der Waals surface area contributed by atoms with E-state index in [0.29, 0.717) is 19.3 Å². The smallest absolute Gasteiger partial charge is 0.371 e. The van der Waals surface area contributed by atoms with Gasteiger partial charge in [-0.05, 0) is 25.0 Å². The summed E-state index contributed by atoms with van der Waals surface area (Å²) in [5.74, 6) is -1.76. The van der Waals surface area contributed by atoms with Gasteiger partial charge in [0.2, 0.25) is 10.9 Å². The molecule has 18 heavy (non-hydrogen) atoms. The Labute approximate surface area is 104 Å². The third kappa shape index (κ3) is 3.87. The summed E-state index contributed by atoms with van der Waals surface area (Å²) in [6.45, 7) is 0.174. The van der Waals surface area contributed by atoms with Gasteiger partial charge >= 0.3 is 5.97 Å². The highest BCUT2D eigenvalue weighted by atomic mass is 32.2. The standard InChI is InChI=1S/C10H12N2O5S/c11-6-2-1-3-7-12-18(15,16)9-5-4-8(17-9)10(13)14/h4-5,12H,1-3,7H2,(H,13,14). The van der Waals surface area contributed by atoms with Gasteiger partial charge in [-0.3, -0.25) is 0 Å². The van der Waals surface area contributed by atoms with Crippen molar-refractivity contribution >= 4 is 16.0 Å². The molecule has 1 aromatic heterocycles. The largest absolute Gasteiger partial charge is 0.475 e. The van der Waals surface area contributed by atoms with Crippen LogP contribution in [-0.4, -0.2) is 26.0 Å². The number of hydrogen-bond acceptors (Lipinski definition) is 5. The van der Waals surface area contributed by atoms with E-state index in [1.165, 1.54) is 0 Å². The fourth-order valence-corrected chi connectivity index (χ4v) is 2.19. The van der Waals surface area contributed by atoms with Gasteiger partial charge in [-0.2, -0.15) is 5.26 Å². The number of nitrogens with zero attached hydrogens (tertiary/aromatic N) is 1. The molecule has 2 N–H and O–H groups in total. The lowest BCUT2D eigenvalue weighted by Gasteiger charge is -2.02. The zero-order valence-electron chi connectivity index (χ0n) is 9.42. The molecule has 7 nitrogen and oxygen atoms in total. The average molecular weight is 272 g/mol. The van der Waals surface area contributed by atoms with Crippen molar-refractivity contribution in [3.05, 3.63) is 17.9 Å². The predicted octanol–water partition coefficient (Wildman–Crippen LogP) is 0.950. The minimum atomic E-state index is -3.82. The van der Waals surface area contributed by atoms with E-state index in [9.17, 15) is 13.2 Å². The van der Waals surface area contributed by atoms with E-state index in [-0.39, 0.29) is 6.54 Å². The van der Waals surface area contributed by atoms with Crippen LogP contribution in [0.4, 0.5) is 0 Å². The van der Waals surface area contributed by atoms with Crippen LogP contribution in [0.1, 0.15) is 29.8 Å². The van der Waals surface area contributed by atoms with Gasteiger partial charge in [0.25, 0.3) is 10.0 Å². The van der Waals surface area contributed by atoms with Crippen LogP contribution >= 0.6 is 0 Å². The van der Waals surface area contributed by atoms with Gasteiger partial charge in [0.05, 0.1) is 6.07 Å². The second kappa shape index (κ2) is 6.18. The van der Waals surface area contributed by atoms with Crippen molar-refractivity contribution in [2.24, 2.45) is 0 Å². The number of carbonyl (C=O) groups is 1. The summed E-state index contributed by atoms with van der Waals surface area (Å²) in [5.41, 5.74) is 0. The molecule has 0 atom stereocenters. The highest BCUT2D eigenvalue weighted by Gasteiger charge is 2.20. The first-order chi connectivity index (χ1) is 8.47. The van der Waals surface area contributed by atoms with Crippen LogP contribution in [0.25, 0.3) is 0 Å². The van der Waals surface area contributed by atoms with E-state index in [4.69, 9.17) is 10.4 Å². The summed E-state index contributed by atoms with van der Waals surface area (Å²) >= 11 is 0. The summed E-state index contributed by atoms with van der Waals surface area (Å²) in [4.78, 5) is 10.5. The molecular weight excluding hydrogens is 260 g/mol. The van der Waals surface area contributed by atoms with E-state index in [1.807, 2.05) is 6.07 Å². The molecule has 0 radical (unpaired) electrons.